The number of carbonyl (C=O) groups excluding carboxylic acids is 2. The molecule has 10 heteroatoms. The molecule has 0 aliphatic carbocycles. The lowest BCUT2D eigenvalue weighted by molar-refractivity contribution is -0.140. The second-order valence-electron chi connectivity index (χ2n) is 11.0. The number of anilines is 1. The quantitative estimate of drug-likeness (QED) is 0.240. The lowest BCUT2D eigenvalue weighted by Gasteiger charge is -2.34. The zero-order valence-corrected chi connectivity index (χ0v) is 27.0. The van der Waals surface area contributed by atoms with Crippen LogP contribution in [0.3, 0.4) is 0 Å². The number of benzene rings is 3. The van der Waals surface area contributed by atoms with E-state index < -0.39 is 28.5 Å². The van der Waals surface area contributed by atoms with Crippen LogP contribution in [-0.2, 0) is 32.6 Å². The van der Waals surface area contributed by atoms with Gasteiger partial charge in [0.15, 0.2) is 0 Å². The average molecular weight is 633 g/mol. The predicted octanol–water partition coefficient (Wildman–Crippen LogP) is 6.30. The van der Waals surface area contributed by atoms with Gasteiger partial charge in [0.1, 0.15) is 12.6 Å². The summed E-state index contributed by atoms with van der Waals surface area (Å²) >= 11 is 13.1. The molecule has 1 N–H and O–H groups in total. The minimum atomic E-state index is -3.88. The highest BCUT2D eigenvalue weighted by Gasteiger charge is 2.34. The number of para-hydroxylation sites is 1. The molecule has 42 heavy (non-hydrogen) atoms. The molecule has 1 atom stereocenters. The van der Waals surface area contributed by atoms with E-state index in [4.69, 9.17) is 23.2 Å². The van der Waals surface area contributed by atoms with Gasteiger partial charge in [-0.1, -0.05) is 105 Å². The van der Waals surface area contributed by atoms with Crippen LogP contribution in [0.5, 0.6) is 0 Å². The van der Waals surface area contributed by atoms with Crippen LogP contribution in [0.1, 0.15) is 50.3 Å². The maximum atomic E-state index is 14.3. The molecule has 0 radical (unpaired) electrons. The van der Waals surface area contributed by atoms with Crippen LogP contribution >= 0.6 is 23.2 Å². The Bertz CT molecular complexity index is 1460. The molecule has 3 rings (SSSR count). The van der Waals surface area contributed by atoms with Crippen molar-refractivity contribution in [3.05, 3.63) is 99.5 Å². The van der Waals surface area contributed by atoms with E-state index in [1.165, 1.54) is 4.90 Å². The maximum Gasteiger partial charge on any atom is 0.244 e. The van der Waals surface area contributed by atoms with Crippen LogP contribution in [-0.4, -0.2) is 50.5 Å². The zero-order valence-electron chi connectivity index (χ0n) is 24.7. The molecule has 0 saturated carbocycles. The molecule has 3 aromatic carbocycles. The number of nitrogens with zero attached hydrogens (tertiary/aromatic N) is 2. The number of sulfonamides is 1. The van der Waals surface area contributed by atoms with Crippen molar-refractivity contribution in [2.24, 2.45) is 5.92 Å². The minimum Gasteiger partial charge on any atom is -0.354 e. The Morgan fingerprint density at radius 3 is 2.02 bits per heavy atom. The van der Waals surface area contributed by atoms with Crippen LogP contribution in [0, 0.1) is 5.92 Å². The summed E-state index contributed by atoms with van der Waals surface area (Å²) in [5.74, 6) is -0.721. The normalized spacial score (nSPS) is 12.3. The van der Waals surface area contributed by atoms with Crippen LogP contribution in [0.15, 0.2) is 72.8 Å². The first-order valence-corrected chi connectivity index (χ1v) is 16.5. The molecule has 0 spiro atoms. The van der Waals surface area contributed by atoms with E-state index in [0.717, 1.165) is 21.7 Å². The zero-order chi connectivity index (χ0) is 31.0. The number of halogens is 2. The van der Waals surface area contributed by atoms with Gasteiger partial charge >= 0.3 is 0 Å². The van der Waals surface area contributed by atoms with Gasteiger partial charge in [0, 0.05) is 35.1 Å². The lowest BCUT2D eigenvalue weighted by atomic mass is 10.0. The molecule has 226 valence electrons. The molecule has 0 aliphatic heterocycles. The summed E-state index contributed by atoms with van der Waals surface area (Å²) < 4.78 is 27.4. The fourth-order valence-corrected chi connectivity index (χ4v) is 6.01. The predicted molar refractivity (Wildman–Crippen MR) is 172 cm³/mol. The number of hydrogen-bond donors (Lipinski definition) is 1. The van der Waals surface area contributed by atoms with E-state index in [-0.39, 0.29) is 30.7 Å². The fourth-order valence-electron chi connectivity index (χ4n) is 4.63. The average Bonchev–Trinajstić information content (AvgIpc) is 2.93. The Morgan fingerprint density at radius 1 is 0.857 bits per heavy atom. The maximum absolute atomic E-state index is 14.3. The van der Waals surface area contributed by atoms with Gasteiger partial charge in [-0.2, -0.15) is 0 Å². The molecule has 3 aromatic rings. The van der Waals surface area contributed by atoms with Gasteiger partial charge in [0.2, 0.25) is 21.8 Å². The highest BCUT2D eigenvalue weighted by Crippen LogP contribution is 2.31. The highest BCUT2D eigenvalue weighted by molar-refractivity contribution is 7.92. The van der Waals surface area contributed by atoms with E-state index in [1.54, 1.807) is 30.3 Å². The number of amides is 2. The summed E-state index contributed by atoms with van der Waals surface area (Å²) in [6.07, 6.45) is 1.28. The fraction of sp³-hybridized carbons (Fsp3) is 0.375. The number of nitrogens with one attached hydrogen (secondary N) is 1. The van der Waals surface area contributed by atoms with Crippen molar-refractivity contribution < 1.29 is 18.0 Å². The Hall–Kier alpha value is -3.07. The van der Waals surface area contributed by atoms with Crippen LogP contribution in [0.4, 0.5) is 5.69 Å². The first-order chi connectivity index (χ1) is 19.8. The molecule has 2 amide bonds. The molecule has 0 bridgehead atoms. The smallest absolute Gasteiger partial charge is 0.244 e. The van der Waals surface area contributed by atoms with Gasteiger partial charge in [0.25, 0.3) is 0 Å². The summed E-state index contributed by atoms with van der Waals surface area (Å²) in [5, 5.41) is 3.64. The topological polar surface area (TPSA) is 86.8 Å². The standard InChI is InChI=1S/C32H39Cl2N3O4S/c1-22(2)19-35-32(39)30(18-24-12-7-6-8-13-24)36(20-26-27(33)15-11-16-28(26)34)31(38)21-37(42(5,40)41)29-17-10-9-14-25(29)23(3)4/h6-17,22-23,30H,18-21H2,1-5H3,(H,35,39)/t30-/m0/s1. The van der Waals surface area contributed by atoms with Crippen LogP contribution in [0.25, 0.3) is 0 Å². The van der Waals surface area contributed by atoms with Crippen molar-refractivity contribution >= 4 is 50.7 Å². The van der Waals surface area contributed by atoms with E-state index in [9.17, 15) is 18.0 Å². The van der Waals surface area contributed by atoms with E-state index >= 15 is 0 Å². The Morgan fingerprint density at radius 2 is 1.45 bits per heavy atom. The first-order valence-electron chi connectivity index (χ1n) is 13.9. The third kappa shape index (κ3) is 8.96. The Labute approximate surface area is 259 Å². The van der Waals surface area contributed by atoms with Gasteiger partial charge in [-0.3, -0.25) is 13.9 Å². The summed E-state index contributed by atoms with van der Waals surface area (Å²) in [4.78, 5) is 29.5. The van der Waals surface area contributed by atoms with Crippen molar-refractivity contribution in [2.45, 2.75) is 52.6 Å². The van der Waals surface area contributed by atoms with Crippen molar-refractivity contribution in [3.63, 3.8) is 0 Å². The van der Waals surface area contributed by atoms with Gasteiger partial charge < -0.3 is 10.2 Å². The highest BCUT2D eigenvalue weighted by atomic mass is 35.5. The monoisotopic (exact) mass is 631 g/mol. The molecular formula is C32H39Cl2N3O4S. The molecule has 7 nitrogen and oxygen atoms in total. The minimum absolute atomic E-state index is 0.00577. The van der Waals surface area contributed by atoms with Crippen molar-refractivity contribution in [2.75, 3.05) is 23.7 Å². The molecule has 0 heterocycles. The molecule has 0 saturated heterocycles. The first kappa shape index (κ1) is 33.4. The molecule has 0 aromatic heterocycles. The number of hydrogen-bond acceptors (Lipinski definition) is 4. The van der Waals surface area contributed by atoms with Gasteiger partial charge in [-0.25, -0.2) is 8.42 Å². The van der Waals surface area contributed by atoms with Crippen molar-refractivity contribution in [1.82, 2.24) is 10.2 Å². The van der Waals surface area contributed by atoms with Gasteiger partial charge in [0.05, 0.1) is 11.9 Å². The van der Waals surface area contributed by atoms with E-state index in [1.807, 2.05) is 70.2 Å². The van der Waals surface area contributed by atoms with Gasteiger partial charge in [-0.15, -0.1) is 0 Å². The van der Waals surface area contributed by atoms with E-state index in [2.05, 4.69) is 5.32 Å². The second kappa shape index (κ2) is 14.9. The number of rotatable bonds is 13. The molecular weight excluding hydrogens is 593 g/mol. The Kier molecular flexibility index (Phi) is 11.9. The van der Waals surface area contributed by atoms with E-state index in [0.29, 0.717) is 27.8 Å². The summed E-state index contributed by atoms with van der Waals surface area (Å²) in [7, 11) is -3.88. The Balaban J connectivity index is 2.13. The summed E-state index contributed by atoms with van der Waals surface area (Å²) in [5.41, 5.74) is 2.52. The SMILES string of the molecule is CC(C)CNC(=O)[C@H](Cc1ccccc1)N(Cc1c(Cl)cccc1Cl)C(=O)CN(c1ccccc1C(C)C)S(C)(=O)=O. The largest absolute Gasteiger partial charge is 0.354 e. The number of carbonyl (C=O) groups is 2. The molecule has 0 unspecified atom stereocenters. The van der Waals surface area contributed by atoms with Crippen molar-refractivity contribution in [1.29, 1.82) is 0 Å². The van der Waals surface area contributed by atoms with Crippen LogP contribution in [0.2, 0.25) is 10.0 Å². The summed E-state index contributed by atoms with van der Waals surface area (Å²) in [6, 6.07) is 20.6. The molecule has 0 aliphatic rings. The summed E-state index contributed by atoms with van der Waals surface area (Å²) in [6.45, 7) is 7.70. The third-order valence-corrected chi connectivity index (χ3v) is 8.69. The van der Waals surface area contributed by atoms with Crippen molar-refractivity contribution in [3.8, 4) is 0 Å². The second-order valence-corrected chi connectivity index (χ2v) is 13.8. The van der Waals surface area contributed by atoms with Gasteiger partial charge in [-0.05, 0) is 41.2 Å². The third-order valence-electron chi connectivity index (χ3n) is 6.85. The molecule has 0 fully saturated rings. The van der Waals surface area contributed by atoms with Crippen LogP contribution < -0.4 is 9.62 Å². The lowest BCUT2D eigenvalue weighted by Crippen LogP contribution is -2.53.